The van der Waals surface area contributed by atoms with Gasteiger partial charge in [-0.05, 0) is 30.7 Å². The van der Waals surface area contributed by atoms with Gasteiger partial charge in [-0.3, -0.25) is 19.9 Å². The topological polar surface area (TPSA) is 86.3 Å². The summed E-state index contributed by atoms with van der Waals surface area (Å²) in [6, 6.07) is 12.6. The zero-order chi connectivity index (χ0) is 26.2. The van der Waals surface area contributed by atoms with E-state index in [-0.39, 0.29) is 0 Å². The number of morpholine rings is 1. The van der Waals surface area contributed by atoms with E-state index < -0.39 is 0 Å². The third-order valence-electron chi connectivity index (χ3n) is 7.78. The lowest BCUT2D eigenvalue weighted by Gasteiger charge is -2.34. The molecule has 1 aromatic carbocycles. The Balaban J connectivity index is 1.14. The molecule has 2 fully saturated rings. The molecule has 0 atom stereocenters. The largest absolute Gasteiger partial charge is 0.378 e. The Hall–Kier alpha value is -3.44. The maximum atomic E-state index is 5.65. The van der Waals surface area contributed by atoms with E-state index in [1.165, 1.54) is 20.8 Å². The highest BCUT2D eigenvalue weighted by Gasteiger charge is 2.23. The van der Waals surface area contributed by atoms with E-state index in [0.717, 1.165) is 99.2 Å². The molecule has 0 aliphatic carbocycles. The van der Waals surface area contributed by atoms with Gasteiger partial charge in [-0.15, -0.1) is 11.3 Å². The molecular formula is C29H32N8OS. The van der Waals surface area contributed by atoms with E-state index in [9.17, 15) is 0 Å². The summed E-state index contributed by atoms with van der Waals surface area (Å²) < 4.78 is 6.81. The van der Waals surface area contributed by atoms with Gasteiger partial charge < -0.3 is 9.64 Å². The minimum Gasteiger partial charge on any atom is -0.378 e. The summed E-state index contributed by atoms with van der Waals surface area (Å²) in [4.78, 5) is 23.6. The number of hydrogen-bond donors (Lipinski definition) is 1. The fraction of sp³-hybridized carbons (Fsp3) is 0.379. The summed E-state index contributed by atoms with van der Waals surface area (Å²) in [6.45, 7) is 11.3. The van der Waals surface area contributed by atoms with Gasteiger partial charge in [0.15, 0.2) is 11.6 Å². The summed E-state index contributed by atoms with van der Waals surface area (Å²) in [5.41, 5.74) is 5.47. The van der Waals surface area contributed by atoms with Crippen molar-refractivity contribution in [3.63, 3.8) is 0 Å². The summed E-state index contributed by atoms with van der Waals surface area (Å²) in [7, 11) is 0. The number of anilines is 1. The molecule has 0 unspecified atom stereocenters. The quantitative estimate of drug-likeness (QED) is 0.345. The number of aromatic nitrogens is 5. The maximum Gasteiger partial charge on any atom is 0.162 e. The second-order valence-electron chi connectivity index (χ2n) is 10.4. The van der Waals surface area contributed by atoms with Crippen molar-refractivity contribution in [2.75, 3.05) is 57.4 Å². The molecule has 1 N–H and O–H groups in total. The SMILES string of the molecule is Cc1cccnc1CN1CCN(Cc2cc3nc(-c4cccc5[nH]ncc45)nc(N4CCOCC4)c3s2)CC1. The third-order valence-corrected chi connectivity index (χ3v) is 8.88. The van der Waals surface area contributed by atoms with Crippen molar-refractivity contribution in [2.45, 2.75) is 20.0 Å². The van der Waals surface area contributed by atoms with Crippen LogP contribution in [0.2, 0.25) is 0 Å². The van der Waals surface area contributed by atoms with Crippen LogP contribution in [0.4, 0.5) is 5.82 Å². The van der Waals surface area contributed by atoms with Crippen LogP contribution in [0, 0.1) is 6.92 Å². The number of nitrogens with one attached hydrogen (secondary N) is 1. The van der Waals surface area contributed by atoms with E-state index in [0.29, 0.717) is 0 Å². The number of fused-ring (bicyclic) bond motifs is 2. The number of H-pyrrole nitrogens is 1. The zero-order valence-corrected chi connectivity index (χ0v) is 23.0. The van der Waals surface area contributed by atoms with E-state index >= 15 is 0 Å². The molecule has 0 bridgehead atoms. The molecule has 7 rings (SSSR count). The predicted molar refractivity (Wildman–Crippen MR) is 155 cm³/mol. The first-order chi connectivity index (χ1) is 19.2. The summed E-state index contributed by atoms with van der Waals surface area (Å²) in [5, 5.41) is 8.36. The molecule has 2 aliphatic heterocycles. The molecule has 2 aliphatic rings. The first kappa shape index (κ1) is 24.6. The van der Waals surface area contributed by atoms with Gasteiger partial charge in [0.1, 0.15) is 0 Å². The Morgan fingerprint density at radius 2 is 1.77 bits per heavy atom. The fourth-order valence-electron chi connectivity index (χ4n) is 5.54. The van der Waals surface area contributed by atoms with Crippen molar-refractivity contribution >= 4 is 38.3 Å². The van der Waals surface area contributed by atoms with Crippen molar-refractivity contribution in [3.8, 4) is 11.4 Å². The highest BCUT2D eigenvalue weighted by Crippen LogP contribution is 2.36. The van der Waals surface area contributed by atoms with Crippen LogP contribution in [0.5, 0.6) is 0 Å². The Kier molecular flexibility index (Phi) is 6.69. The van der Waals surface area contributed by atoms with Crippen LogP contribution in [0.25, 0.3) is 32.5 Å². The molecule has 39 heavy (non-hydrogen) atoms. The van der Waals surface area contributed by atoms with Crippen LogP contribution < -0.4 is 4.90 Å². The van der Waals surface area contributed by atoms with E-state index in [2.05, 4.69) is 55.0 Å². The first-order valence-electron chi connectivity index (χ1n) is 13.6. The standard InChI is InChI=1S/C29H32N8OS/c1-20-4-3-7-30-26(20)19-36-10-8-35(9-11-36)18-21-16-25-27(39-21)29(37-12-14-38-15-13-37)33-28(32-25)22-5-2-6-24-23(22)17-31-34-24/h2-7,16-17H,8-15,18-19H2,1H3,(H,31,34). The van der Waals surface area contributed by atoms with Crippen LogP contribution in [0.3, 0.4) is 0 Å². The predicted octanol–water partition coefficient (Wildman–Crippen LogP) is 4.09. The number of rotatable bonds is 6. The van der Waals surface area contributed by atoms with Crippen LogP contribution in [0.15, 0.2) is 48.8 Å². The summed E-state index contributed by atoms with van der Waals surface area (Å²) in [6.07, 6.45) is 3.76. The van der Waals surface area contributed by atoms with Gasteiger partial charge in [-0.1, -0.05) is 18.2 Å². The minimum absolute atomic E-state index is 0.721. The second kappa shape index (κ2) is 10.6. The third kappa shape index (κ3) is 5.00. The Morgan fingerprint density at radius 3 is 2.59 bits per heavy atom. The van der Waals surface area contributed by atoms with Crippen molar-refractivity contribution in [1.29, 1.82) is 0 Å². The average Bonchev–Trinajstić information content (AvgIpc) is 3.62. The molecule has 0 spiro atoms. The Bertz CT molecular complexity index is 1600. The molecule has 9 nitrogen and oxygen atoms in total. The highest BCUT2D eigenvalue weighted by atomic mass is 32.1. The van der Waals surface area contributed by atoms with E-state index in [1.54, 1.807) is 0 Å². The molecular weight excluding hydrogens is 508 g/mol. The number of piperazine rings is 1. The molecule has 5 aromatic rings. The van der Waals surface area contributed by atoms with Gasteiger partial charge in [-0.2, -0.15) is 5.10 Å². The Morgan fingerprint density at radius 1 is 0.949 bits per heavy atom. The molecule has 6 heterocycles. The number of benzene rings is 1. The highest BCUT2D eigenvalue weighted by molar-refractivity contribution is 7.19. The van der Waals surface area contributed by atoms with Gasteiger partial charge in [0, 0.05) is 74.4 Å². The molecule has 10 heteroatoms. The molecule has 4 aromatic heterocycles. The zero-order valence-electron chi connectivity index (χ0n) is 22.1. The number of aromatic amines is 1. The van der Waals surface area contributed by atoms with E-state index in [4.69, 9.17) is 14.7 Å². The molecule has 0 saturated carbocycles. The lowest BCUT2D eigenvalue weighted by atomic mass is 10.1. The number of pyridine rings is 1. The van der Waals surface area contributed by atoms with E-state index in [1.807, 2.05) is 41.9 Å². The monoisotopic (exact) mass is 540 g/mol. The summed E-state index contributed by atoms with van der Waals surface area (Å²) in [5.74, 6) is 1.77. The normalized spacial score (nSPS) is 17.4. The molecule has 0 amide bonds. The van der Waals surface area contributed by atoms with Gasteiger partial charge in [0.25, 0.3) is 0 Å². The first-order valence-corrected chi connectivity index (χ1v) is 14.4. The van der Waals surface area contributed by atoms with Crippen LogP contribution in [-0.2, 0) is 17.8 Å². The van der Waals surface area contributed by atoms with Crippen molar-refractivity contribution < 1.29 is 4.74 Å². The fourth-order valence-corrected chi connectivity index (χ4v) is 6.69. The lowest BCUT2D eigenvalue weighted by molar-refractivity contribution is 0.121. The number of hydrogen-bond acceptors (Lipinski definition) is 9. The second-order valence-corrected chi connectivity index (χ2v) is 11.5. The van der Waals surface area contributed by atoms with Gasteiger partial charge >= 0.3 is 0 Å². The van der Waals surface area contributed by atoms with Crippen molar-refractivity contribution in [2.24, 2.45) is 0 Å². The minimum atomic E-state index is 0.721. The van der Waals surface area contributed by atoms with Crippen LogP contribution >= 0.6 is 11.3 Å². The Labute approximate surface area is 231 Å². The number of thiophene rings is 1. The van der Waals surface area contributed by atoms with Crippen molar-refractivity contribution in [3.05, 3.63) is 64.9 Å². The summed E-state index contributed by atoms with van der Waals surface area (Å²) >= 11 is 1.83. The van der Waals surface area contributed by atoms with Crippen LogP contribution in [0.1, 0.15) is 16.1 Å². The number of ether oxygens (including phenoxy) is 1. The smallest absolute Gasteiger partial charge is 0.162 e. The van der Waals surface area contributed by atoms with Gasteiger partial charge in [-0.25, -0.2) is 9.97 Å². The van der Waals surface area contributed by atoms with Crippen LogP contribution in [-0.4, -0.2) is 87.4 Å². The van der Waals surface area contributed by atoms with Gasteiger partial charge in [0.2, 0.25) is 0 Å². The average molecular weight is 541 g/mol. The molecule has 0 radical (unpaired) electrons. The van der Waals surface area contributed by atoms with Gasteiger partial charge in [0.05, 0.1) is 40.8 Å². The maximum absolute atomic E-state index is 5.65. The molecule has 2 saturated heterocycles. The van der Waals surface area contributed by atoms with Crippen molar-refractivity contribution in [1.82, 2.24) is 34.9 Å². The lowest BCUT2D eigenvalue weighted by Crippen LogP contribution is -2.45. The molecule has 200 valence electrons. The number of nitrogens with zero attached hydrogens (tertiary/aromatic N) is 7. The number of aryl methyl sites for hydroxylation is 1.